The number of β-amino-alcohol motifs (C(OH)–C–C–N with tert-alkyl or cyclic N) is 1. The maximum atomic E-state index is 14.3. The van der Waals surface area contributed by atoms with Crippen molar-refractivity contribution in [1.29, 1.82) is 0 Å². The van der Waals surface area contributed by atoms with Crippen LogP contribution in [0.15, 0.2) is 59.0 Å². The zero-order valence-electron chi connectivity index (χ0n) is 38.1. The number of aryl methyl sites for hydroxylation is 3. The van der Waals surface area contributed by atoms with Crippen LogP contribution >= 0.6 is 22.7 Å². The molecule has 15 nitrogen and oxygen atoms in total. The van der Waals surface area contributed by atoms with E-state index in [-0.39, 0.29) is 49.6 Å². The Balaban J connectivity index is 0.908. The van der Waals surface area contributed by atoms with E-state index in [0.717, 1.165) is 72.6 Å². The number of benzene rings is 2. The van der Waals surface area contributed by atoms with Gasteiger partial charge in [-0.15, -0.1) is 32.9 Å². The minimum Gasteiger partial charge on any atom is -0.481 e. The molecule has 2 saturated heterocycles. The third-order valence-electron chi connectivity index (χ3n) is 12.9. The molecule has 3 aromatic heterocycles. The van der Waals surface area contributed by atoms with E-state index in [1.807, 2.05) is 100 Å². The van der Waals surface area contributed by atoms with E-state index in [4.69, 9.17) is 4.99 Å². The number of carbonyl (C=O) groups excluding carboxylic acids is 3. The minimum absolute atomic E-state index is 0.000801. The highest BCUT2D eigenvalue weighted by Crippen LogP contribution is 2.40. The van der Waals surface area contributed by atoms with Crippen molar-refractivity contribution in [3.63, 3.8) is 0 Å². The van der Waals surface area contributed by atoms with Gasteiger partial charge in [-0.2, -0.15) is 0 Å². The molecule has 3 amide bonds. The highest BCUT2D eigenvalue weighted by atomic mass is 32.1. The first-order valence-corrected chi connectivity index (χ1v) is 23.8. The molecule has 0 saturated carbocycles. The highest BCUT2D eigenvalue weighted by molar-refractivity contribution is 7.15. The molecule has 8 rings (SSSR count). The van der Waals surface area contributed by atoms with Crippen LogP contribution in [0.1, 0.15) is 110 Å². The van der Waals surface area contributed by atoms with Gasteiger partial charge in [0, 0.05) is 54.2 Å². The average Bonchev–Trinajstić information content (AvgIpc) is 4.10. The van der Waals surface area contributed by atoms with E-state index >= 15 is 0 Å². The summed E-state index contributed by atoms with van der Waals surface area (Å²) in [4.78, 5) is 69.2. The summed E-state index contributed by atoms with van der Waals surface area (Å²) in [6, 6.07) is 13.2. The van der Waals surface area contributed by atoms with Gasteiger partial charge in [0.15, 0.2) is 5.82 Å². The predicted octanol–water partition coefficient (Wildman–Crippen LogP) is 6.64. The van der Waals surface area contributed by atoms with Crippen molar-refractivity contribution in [2.24, 2.45) is 16.3 Å². The van der Waals surface area contributed by atoms with E-state index in [2.05, 4.69) is 44.6 Å². The number of nitrogens with zero attached hydrogens (tertiary/aromatic N) is 7. The van der Waals surface area contributed by atoms with Crippen LogP contribution in [0.3, 0.4) is 0 Å². The first-order chi connectivity index (χ1) is 30.9. The van der Waals surface area contributed by atoms with Gasteiger partial charge in [-0.05, 0) is 81.2 Å². The molecule has 0 aliphatic carbocycles. The fraction of sp³-hybridized carbons (Fsp3) is 0.458. The maximum absolute atomic E-state index is 14.3. The zero-order valence-corrected chi connectivity index (χ0v) is 39.7. The monoisotopic (exact) mass is 919 g/mol. The summed E-state index contributed by atoms with van der Waals surface area (Å²) < 4.78 is 1.94. The molecule has 17 heteroatoms. The number of rotatable bonds is 12. The lowest BCUT2D eigenvalue weighted by molar-refractivity contribution is -0.144. The quantitative estimate of drug-likeness (QED) is 0.105. The normalized spacial score (nSPS) is 20.4. The van der Waals surface area contributed by atoms with Gasteiger partial charge in [0.1, 0.15) is 29.0 Å². The van der Waals surface area contributed by atoms with Gasteiger partial charge in [-0.1, -0.05) is 57.2 Å². The highest BCUT2D eigenvalue weighted by Gasteiger charge is 2.45. The van der Waals surface area contributed by atoms with Crippen LogP contribution in [0.2, 0.25) is 0 Å². The number of carboxylic acid groups (broad SMARTS) is 1. The molecule has 6 atom stereocenters. The second kappa shape index (κ2) is 18.2. The third kappa shape index (κ3) is 9.36. The molecular formula is C48H57N9O6S2. The van der Waals surface area contributed by atoms with Crippen LogP contribution in [0.25, 0.3) is 15.4 Å². The van der Waals surface area contributed by atoms with Crippen LogP contribution in [0, 0.1) is 39.0 Å². The summed E-state index contributed by atoms with van der Waals surface area (Å²) in [5.74, 6) is -0.724. The van der Waals surface area contributed by atoms with Crippen molar-refractivity contribution in [1.82, 2.24) is 35.3 Å². The van der Waals surface area contributed by atoms with Crippen molar-refractivity contribution in [3.8, 4) is 15.4 Å². The maximum Gasteiger partial charge on any atom is 0.306 e. The third-order valence-corrected chi connectivity index (χ3v) is 15.1. The molecule has 6 heterocycles. The number of fused-ring (bicyclic) bond motifs is 3. The van der Waals surface area contributed by atoms with Gasteiger partial charge in [0.25, 0.3) is 0 Å². The zero-order chi connectivity index (χ0) is 46.5. The number of aliphatic carboxylic acids is 1. The number of nitrogens with one attached hydrogen (secondary N) is 2. The molecule has 3 unspecified atom stereocenters. The summed E-state index contributed by atoms with van der Waals surface area (Å²) in [5, 5.41) is 36.3. The van der Waals surface area contributed by atoms with E-state index in [9.17, 15) is 29.4 Å². The second-order valence-corrected chi connectivity index (χ2v) is 20.8. The largest absolute Gasteiger partial charge is 0.481 e. The van der Waals surface area contributed by atoms with Crippen molar-refractivity contribution >= 4 is 57.8 Å². The lowest BCUT2D eigenvalue weighted by atomic mass is 9.85. The molecule has 65 heavy (non-hydrogen) atoms. The molecule has 0 spiro atoms. The Kier molecular flexibility index (Phi) is 12.8. The number of thiophene rings is 1. The Morgan fingerprint density at radius 1 is 0.923 bits per heavy atom. The van der Waals surface area contributed by atoms with E-state index in [1.54, 1.807) is 22.7 Å². The van der Waals surface area contributed by atoms with Crippen LogP contribution < -0.4 is 15.5 Å². The van der Waals surface area contributed by atoms with Gasteiger partial charge in [0.05, 0.1) is 40.4 Å². The molecule has 3 aliphatic heterocycles. The van der Waals surface area contributed by atoms with Gasteiger partial charge < -0.3 is 30.6 Å². The number of hydrogen-bond acceptors (Lipinski definition) is 12. The Bertz CT molecular complexity index is 2640. The molecule has 0 radical (unpaired) electrons. The lowest BCUT2D eigenvalue weighted by Gasteiger charge is -2.35. The Hall–Kier alpha value is -5.78. The number of aromatic nitrogens is 4. The standard InChI is InChI=1S/C48H57N9O6S2/c1-25-28(4)65-47-40(25)41(51-36(21-39(60)61)44-54-53-29(5)57(44)47)32-13-15-34(16-14-32)55-18-17-30(22-55)19-38(59)52-43(48(6,7)8)46(63)56-23-35(58)20-37(56)45(62)50-26(2)31-9-11-33(12-10-31)42-27(3)49-24-64-42/h9-16,24,26,30,35-37,43,58H,17-23H2,1-8H3,(H,50,62)(H,52,59)(H,60,61)/t26?,30?,35-,36+,37+,43?/m1/s1. The Morgan fingerprint density at radius 3 is 2.29 bits per heavy atom. The Morgan fingerprint density at radius 2 is 1.63 bits per heavy atom. The summed E-state index contributed by atoms with van der Waals surface area (Å²) >= 11 is 3.20. The molecule has 2 fully saturated rings. The van der Waals surface area contributed by atoms with Crippen molar-refractivity contribution in [3.05, 3.63) is 98.5 Å². The fourth-order valence-corrected chi connectivity index (χ4v) is 11.3. The summed E-state index contributed by atoms with van der Waals surface area (Å²) in [5.41, 5.74) is 8.68. The first kappa shape index (κ1) is 45.8. The van der Waals surface area contributed by atoms with Gasteiger partial charge in [-0.3, -0.25) is 28.7 Å². The van der Waals surface area contributed by atoms with Gasteiger partial charge in [-0.25, -0.2) is 4.98 Å². The fourth-order valence-electron chi connectivity index (χ4n) is 9.25. The SMILES string of the molecule is Cc1ncsc1-c1ccc(C(C)NC(=O)[C@@H]2C[C@@H](O)CN2C(=O)C(NC(=O)CC2CCN(c3ccc(C4=N[C@@H](CC(=O)O)c5nnc(C)n5-c5sc(C)c(C)c54)cc3)C2)C(C)(C)C)cc1. The predicted molar refractivity (Wildman–Crippen MR) is 252 cm³/mol. The van der Waals surface area contributed by atoms with E-state index in [1.165, 1.54) is 4.90 Å². The van der Waals surface area contributed by atoms with Gasteiger partial charge >= 0.3 is 5.97 Å². The van der Waals surface area contributed by atoms with Crippen molar-refractivity contribution < 1.29 is 29.4 Å². The number of amides is 3. The average molecular weight is 920 g/mol. The van der Waals surface area contributed by atoms with Crippen LogP contribution in [-0.2, 0) is 19.2 Å². The second-order valence-electron chi connectivity index (χ2n) is 18.7. The topological polar surface area (TPSA) is 195 Å². The van der Waals surface area contributed by atoms with Crippen LogP contribution in [0.4, 0.5) is 5.69 Å². The van der Waals surface area contributed by atoms with Gasteiger partial charge in [0.2, 0.25) is 17.7 Å². The molecule has 4 N–H and O–H groups in total. The molecular weight excluding hydrogens is 863 g/mol. The summed E-state index contributed by atoms with van der Waals surface area (Å²) in [6.07, 6.45) is 0.0294. The molecule has 342 valence electrons. The number of likely N-dealkylation sites (tertiary alicyclic amines) is 1. The lowest BCUT2D eigenvalue weighted by Crippen LogP contribution is -2.58. The minimum atomic E-state index is -0.969. The number of aliphatic imine (C=N–C) groups is 1. The molecule has 2 aromatic carbocycles. The number of anilines is 1. The van der Waals surface area contributed by atoms with Crippen LogP contribution in [-0.4, -0.2) is 102 Å². The number of carbonyl (C=O) groups is 4. The molecule has 0 bridgehead atoms. The number of aliphatic hydroxyl groups is 1. The number of carboxylic acids is 1. The van der Waals surface area contributed by atoms with E-state index in [0.29, 0.717) is 18.2 Å². The summed E-state index contributed by atoms with van der Waals surface area (Å²) in [6.45, 7) is 16.9. The van der Waals surface area contributed by atoms with Crippen molar-refractivity contribution in [2.45, 2.75) is 111 Å². The molecule has 5 aromatic rings. The molecule has 3 aliphatic rings. The number of aliphatic hydroxyl groups excluding tert-OH is 1. The summed E-state index contributed by atoms with van der Waals surface area (Å²) in [7, 11) is 0. The van der Waals surface area contributed by atoms with E-state index < -0.39 is 41.5 Å². The van der Waals surface area contributed by atoms with Crippen LogP contribution in [0.5, 0.6) is 0 Å². The van der Waals surface area contributed by atoms with Crippen molar-refractivity contribution in [2.75, 3.05) is 24.5 Å². The smallest absolute Gasteiger partial charge is 0.306 e. The number of thiazole rings is 1. The number of hydrogen-bond donors (Lipinski definition) is 4. The first-order valence-electron chi connectivity index (χ1n) is 22.1. The Labute approximate surface area is 387 Å².